The van der Waals surface area contributed by atoms with Gasteiger partial charge in [-0.3, -0.25) is 24.6 Å². The molecule has 3 rings (SSSR count). The lowest BCUT2D eigenvalue weighted by molar-refractivity contribution is -0.116. The van der Waals surface area contributed by atoms with Gasteiger partial charge in [0.15, 0.2) is 0 Å². The molecule has 1 aromatic heterocycles. The standard InChI is InChI=1S/C14H14N2O.C11H14N2O/c1-10(9-11(2)17)16-13-7-3-5-12-6-4-8-15-14(12)13;1-8(7-9(2)14)13-11-6-4-3-5-10(11)12/h3-8H,9H2,1-2H3;3-6H,7,12H2,1-2H3. The van der Waals surface area contributed by atoms with Crippen LogP contribution in [0.5, 0.6) is 0 Å². The van der Waals surface area contributed by atoms with Gasteiger partial charge in [0, 0.05) is 35.8 Å². The van der Waals surface area contributed by atoms with Crippen LogP contribution in [0.2, 0.25) is 0 Å². The zero-order valence-corrected chi connectivity index (χ0v) is 18.4. The van der Waals surface area contributed by atoms with E-state index in [-0.39, 0.29) is 11.6 Å². The molecule has 6 nitrogen and oxygen atoms in total. The van der Waals surface area contributed by atoms with Gasteiger partial charge in [0.05, 0.1) is 22.6 Å². The third-order valence-electron chi connectivity index (χ3n) is 4.18. The number of rotatable bonds is 6. The van der Waals surface area contributed by atoms with Crippen LogP contribution in [-0.4, -0.2) is 28.0 Å². The number of Topliss-reactive ketones (excluding diaryl/α,β-unsaturated/α-hetero) is 2. The van der Waals surface area contributed by atoms with Crippen LogP contribution in [0.15, 0.2) is 70.8 Å². The van der Waals surface area contributed by atoms with Crippen molar-refractivity contribution >= 4 is 51.0 Å². The minimum Gasteiger partial charge on any atom is -0.397 e. The first-order valence-electron chi connectivity index (χ1n) is 10.0. The van der Waals surface area contributed by atoms with Gasteiger partial charge in [0.2, 0.25) is 0 Å². The average molecular weight is 417 g/mol. The van der Waals surface area contributed by atoms with Crippen molar-refractivity contribution < 1.29 is 9.59 Å². The summed E-state index contributed by atoms with van der Waals surface area (Å²) in [5.74, 6) is 0.236. The van der Waals surface area contributed by atoms with E-state index in [1.165, 1.54) is 0 Å². The van der Waals surface area contributed by atoms with Gasteiger partial charge in [-0.1, -0.05) is 30.3 Å². The Bertz CT molecular complexity index is 1130. The van der Waals surface area contributed by atoms with Crippen LogP contribution in [0.1, 0.15) is 40.5 Å². The Labute approximate surface area is 182 Å². The monoisotopic (exact) mass is 416 g/mol. The number of aromatic nitrogens is 1. The number of aliphatic imine (C=N–C) groups is 2. The van der Waals surface area contributed by atoms with E-state index in [0.29, 0.717) is 18.5 Å². The van der Waals surface area contributed by atoms with Crippen LogP contribution < -0.4 is 5.73 Å². The van der Waals surface area contributed by atoms with E-state index in [2.05, 4.69) is 15.0 Å². The Kier molecular flexibility index (Phi) is 8.76. The van der Waals surface area contributed by atoms with E-state index in [1.54, 1.807) is 26.1 Å². The maximum Gasteiger partial charge on any atom is 0.135 e. The van der Waals surface area contributed by atoms with Crippen molar-refractivity contribution in [2.45, 2.75) is 40.5 Å². The number of benzene rings is 2. The third kappa shape index (κ3) is 7.93. The first kappa shape index (κ1) is 23.6. The molecule has 0 aliphatic heterocycles. The highest BCUT2D eigenvalue weighted by molar-refractivity contribution is 6.02. The first-order chi connectivity index (χ1) is 14.8. The third-order valence-corrected chi connectivity index (χ3v) is 4.18. The predicted molar refractivity (Wildman–Crippen MR) is 129 cm³/mol. The van der Waals surface area contributed by atoms with Crippen molar-refractivity contribution in [2.24, 2.45) is 9.98 Å². The molecule has 0 spiro atoms. The van der Waals surface area contributed by atoms with E-state index in [4.69, 9.17) is 5.73 Å². The number of para-hydroxylation sites is 3. The normalized spacial score (nSPS) is 11.6. The predicted octanol–water partition coefficient (Wildman–Crippen LogP) is 5.65. The zero-order valence-electron chi connectivity index (χ0n) is 18.4. The summed E-state index contributed by atoms with van der Waals surface area (Å²) in [7, 11) is 0. The Morgan fingerprint density at radius 2 is 1.32 bits per heavy atom. The lowest BCUT2D eigenvalue weighted by Gasteiger charge is -2.02. The molecule has 0 amide bonds. The van der Waals surface area contributed by atoms with Crippen molar-refractivity contribution in [1.29, 1.82) is 0 Å². The van der Waals surface area contributed by atoms with Gasteiger partial charge in [0.1, 0.15) is 11.6 Å². The van der Waals surface area contributed by atoms with Crippen molar-refractivity contribution in [3.05, 3.63) is 60.8 Å². The fraction of sp³-hybridized carbons (Fsp3) is 0.240. The molecule has 0 saturated carbocycles. The highest BCUT2D eigenvalue weighted by atomic mass is 16.1. The van der Waals surface area contributed by atoms with Crippen LogP contribution in [-0.2, 0) is 9.59 Å². The number of ketones is 2. The summed E-state index contributed by atoms with van der Waals surface area (Å²) in [4.78, 5) is 34.9. The molecule has 0 saturated heterocycles. The fourth-order valence-electron chi connectivity index (χ4n) is 2.98. The second kappa shape index (κ2) is 11.5. The number of fused-ring (bicyclic) bond motifs is 1. The number of anilines is 1. The maximum atomic E-state index is 11.0. The van der Waals surface area contributed by atoms with Crippen LogP contribution in [0.3, 0.4) is 0 Å². The molecular weight excluding hydrogens is 388 g/mol. The van der Waals surface area contributed by atoms with Gasteiger partial charge in [-0.25, -0.2) is 0 Å². The molecule has 0 unspecified atom stereocenters. The topological polar surface area (TPSA) is 97.8 Å². The quantitative estimate of drug-likeness (QED) is 0.415. The molecule has 0 bridgehead atoms. The Morgan fingerprint density at radius 3 is 1.94 bits per heavy atom. The second-order valence-corrected chi connectivity index (χ2v) is 7.36. The smallest absolute Gasteiger partial charge is 0.135 e. The largest absolute Gasteiger partial charge is 0.397 e. The number of pyridine rings is 1. The Hall–Kier alpha value is -3.67. The van der Waals surface area contributed by atoms with Crippen LogP contribution in [0.4, 0.5) is 17.1 Å². The van der Waals surface area contributed by atoms with Crippen LogP contribution in [0.25, 0.3) is 10.9 Å². The molecule has 0 radical (unpaired) electrons. The lowest BCUT2D eigenvalue weighted by Crippen LogP contribution is -1.99. The summed E-state index contributed by atoms with van der Waals surface area (Å²) in [5, 5.41) is 1.06. The summed E-state index contributed by atoms with van der Waals surface area (Å²) in [5.41, 5.74) is 10.4. The summed E-state index contributed by atoms with van der Waals surface area (Å²) in [6.07, 6.45) is 2.53. The number of nitrogens with two attached hydrogens (primary N) is 1. The molecule has 6 heteroatoms. The molecule has 0 atom stereocenters. The maximum absolute atomic E-state index is 11.0. The van der Waals surface area contributed by atoms with Crippen LogP contribution in [0, 0.1) is 0 Å². The number of nitrogen functional groups attached to an aromatic ring is 1. The Balaban J connectivity index is 0.000000225. The highest BCUT2D eigenvalue weighted by Gasteiger charge is 2.02. The van der Waals surface area contributed by atoms with Crippen molar-refractivity contribution in [1.82, 2.24) is 4.98 Å². The molecule has 31 heavy (non-hydrogen) atoms. The van der Waals surface area contributed by atoms with Gasteiger partial charge >= 0.3 is 0 Å². The molecule has 1 heterocycles. The zero-order chi connectivity index (χ0) is 22.8. The van der Waals surface area contributed by atoms with E-state index >= 15 is 0 Å². The average Bonchev–Trinajstić information content (AvgIpc) is 2.69. The van der Waals surface area contributed by atoms with Crippen molar-refractivity contribution in [3.8, 4) is 0 Å². The molecule has 2 N–H and O–H groups in total. The van der Waals surface area contributed by atoms with Crippen LogP contribution >= 0.6 is 0 Å². The molecule has 2 aromatic carbocycles. The molecule has 160 valence electrons. The number of carbonyl (C=O) groups is 2. The van der Waals surface area contributed by atoms with E-state index in [1.807, 2.05) is 62.4 Å². The molecule has 0 aliphatic rings. The van der Waals surface area contributed by atoms with Crippen molar-refractivity contribution in [3.63, 3.8) is 0 Å². The van der Waals surface area contributed by atoms with Gasteiger partial charge in [-0.2, -0.15) is 0 Å². The van der Waals surface area contributed by atoms with E-state index < -0.39 is 0 Å². The Morgan fingerprint density at radius 1 is 0.774 bits per heavy atom. The summed E-state index contributed by atoms with van der Waals surface area (Å²) in [6.45, 7) is 6.81. The van der Waals surface area contributed by atoms with E-state index in [9.17, 15) is 9.59 Å². The molecule has 0 fully saturated rings. The van der Waals surface area contributed by atoms with E-state index in [0.717, 1.165) is 33.7 Å². The van der Waals surface area contributed by atoms with Crippen molar-refractivity contribution in [2.75, 3.05) is 5.73 Å². The number of nitrogens with zero attached hydrogens (tertiary/aromatic N) is 3. The first-order valence-corrected chi connectivity index (χ1v) is 10.0. The number of hydrogen-bond donors (Lipinski definition) is 1. The van der Waals surface area contributed by atoms with Gasteiger partial charge < -0.3 is 5.73 Å². The van der Waals surface area contributed by atoms with Gasteiger partial charge in [-0.15, -0.1) is 0 Å². The fourth-order valence-corrected chi connectivity index (χ4v) is 2.98. The molecular formula is C25H28N4O2. The highest BCUT2D eigenvalue weighted by Crippen LogP contribution is 2.24. The van der Waals surface area contributed by atoms with Gasteiger partial charge in [0.25, 0.3) is 0 Å². The minimum atomic E-state index is 0.112. The second-order valence-electron chi connectivity index (χ2n) is 7.36. The number of carbonyl (C=O) groups excluding carboxylic acids is 2. The summed E-state index contributed by atoms with van der Waals surface area (Å²) in [6, 6.07) is 17.1. The van der Waals surface area contributed by atoms with Gasteiger partial charge in [-0.05, 0) is 52.0 Å². The molecule has 0 aliphatic carbocycles. The lowest BCUT2D eigenvalue weighted by atomic mass is 10.2. The SMILES string of the molecule is CC(=O)CC(C)=Nc1cccc2cccnc12.CC(=O)CC(C)=Nc1ccccc1N. The number of hydrogen-bond acceptors (Lipinski definition) is 6. The molecule has 3 aromatic rings. The minimum absolute atomic E-state index is 0.112. The summed E-state index contributed by atoms with van der Waals surface area (Å²) >= 11 is 0. The summed E-state index contributed by atoms with van der Waals surface area (Å²) < 4.78 is 0.